The summed E-state index contributed by atoms with van der Waals surface area (Å²) >= 11 is 0. The highest BCUT2D eigenvalue weighted by molar-refractivity contribution is 5.85. The molecule has 0 saturated heterocycles. The normalized spacial score (nSPS) is 25.1. The Kier molecular flexibility index (Phi) is 9.36. The van der Waals surface area contributed by atoms with Crippen molar-refractivity contribution in [2.45, 2.75) is 44.3 Å². The zero-order valence-electron chi connectivity index (χ0n) is 10.9. The number of hydrogen-bond acceptors (Lipinski definition) is 4. The minimum atomic E-state index is -0.267. The van der Waals surface area contributed by atoms with Crippen LogP contribution in [0.3, 0.4) is 0 Å². The lowest BCUT2D eigenvalue weighted by molar-refractivity contribution is -0.123. The Bertz CT molecular complexity index is 237. The summed E-state index contributed by atoms with van der Waals surface area (Å²) in [5.74, 6) is 0.145. The number of amides is 1. The largest absolute Gasteiger partial charge is 0.393 e. The lowest BCUT2D eigenvalue weighted by Gasteiger charge is -2.27. The van der Waals surface area contributed by atoms with Gasteiger partial charge in [-0.3, -0.25) is 4.79 Å². The van der Waals surface area contributed by atoms with Crippen molar-refractivity contribution in [2.24, 2.45) is 11.7 Å². The van der Waals surface area contributed by atoms with Crippen molar-refractivity contribution in [3.05, 3.63) is 0 Å². The summed E-state index contributed by atoms with van der Waals surface area (Å²) in [5.41, 5.74) is 5.45. The number of rotatable bonds is 6. The highest BCUT2D eigenvalue weighted by Gasteiger charge is 2.23. The fourth-order valence-electron chi connectivity index (χ4n) is 2.21. The van der Waals surface area contributed by atoms with Crippen LogP contribution in [-0.4, -0.2) is 43.4 Å². The Labute approximate surface area is 115 Å². The van der Waals surface area contributed by atoms with Crippen LogP contribution in [0.4, 0.5) is 0 Å². The molecule has 0 aromatic rings. The number of aliphatic hydroxyl groups is 1. The van der Waals surface area contributed by atoms with Crippen LogP contribution in [0.5, 0.6) is 0 Å². The van der Waals surface area contributed by atoms with Gasteiger partial charge in [-0.1, -0.05) is 12.8 Å². The topological polar surface area (TPSA) is 84.6 Å². The summed E-state index contributed by atoms with van der Waals surface area (Å²) < 4.78 is 5.05. The van der Waals surface area contributed by atoms with Gasteiger partial charge in [0.2, 0.25) is 5.91 Å². The molecule has 3 atom stereocenters. The fourth-order valence-corrected chi connectivity index (χ4v) is 2.21. The third-order valence-electron chi connectivity index (χ3n) is 3.44. The Morgan fingerprint density at radius 3 is 2.72 bits per heavy atom. The molecular formula is C12H25ClN2O3. The number of hydrogen-bond donors (Lipinski definition) is 3. The average Bonchev–Trinajstić information content (AvgIpc) is 2.35. The van der Waals surface area contributed by atoms with Gasteiger partial charge in [-0.15, -0.1) is 12.4 Å². The van der Waals surface area contributed by atoms with E-state index in [-0.39, 0.29) is 42.9 Å². The maximum absolute atomic E-state index is 11.6. The molecule has 18 heavy (non-hydrogen) atoms. The average molecular weight is 281 g/mol. The standard InChI is InChI=1S/C12H24N2O3.ClH/c1-17-10(7-13)6-12(16)14-8-9-4-2-3-5-11(9)15;/h9-11,15H,2-8,13H2,1H3,(H,14,16);1H. The molecule has 4 N–H and O–H groups in total. The van der Waals surface area contributed by atoms with Crippen LogP contribution in [0.1, 0.15) is 32.1 Å². The fraction of sp³-hybridized carbons (Fsp3) is 0.917. The van der Waals surface area contributed by atoms with Crippen LogP contribution < -0.4 is 11.1 Å². The predicted molar refractivity (Wildman–Crippen MR) is 72.7 cm³/mol. The van der Waals surface area contributed by atoms with E-state index in [1.807, 2.05) is 0 Å². The van der Waals surface area contributed by atoms with Crippen LogP contribution in [-0.2, 0) is 9.53 Å². The SMILES string of the molecule is COC(CN)CC(=O)NCC1CCCCC1O.Cl. The van der Waals surface area contributed by atoms with E-state index in [1.165, 1.54) is 0 Å². The molecule has 6 heteroatoms. The first-order chi connectivity index (χ1) is 8.17. The molecule has 1 fully saturated rings. The number of methoxy groups -OCH3 is 1. The second-order valence-corrected chi connectivity index (χ2v) is 4.71. The zero-order chi connectivity index (χ0) is 12.7. The van der Waals surface area contributed by atoms with Gasteiger partial charge in [0.25, 0.3) is 0 Å². The van der Waals surface area contributed by atoms with E-state index in [4.69, 9.17) is 10.5 Å². The first-order valence-electron chi connectivity index (χ1n) is 6.35. The van der Waals surface area contributed by atoms with Crippen molar-refractivity contribution >= 4 is 18.3 Å². The number of ether oxygens (including phenoxy) is 1. The van der Waals surface area contributed by atoms with Gasteiger partial charge in [0, 0.05) is 26.1 Å². The second-order valence-electron chi connectivity index (χ2n) is 4.71. The minimum Gasteiger partial charge on any atom is -0.393 e. The van der Waals surface area contributed by atoms with Gasteiger partial charge < -0.3 is 20.9 Å². The van der Waals surface area contributed by atoms with Crippen molar-refractivity contribution in [3.63, 3.8) is 0 Å². The highest BCUT2D eigenvalue weighted by Crippen LogP contribution is 2.23. The van der Waals surface area contributed by atoms with Crippen LogP contribution >= 0.6 is 12.4 Å². The maximum atomic E-state index is 11.6. The van der Waals surface area contributed by atoms with Gasteiger partial charge >= 0.3 is 0 Å². The van der Waals surface area contributed by atoms with Crippen molar-refractivity contribution in [1.29, 1.82) is 0 Å². The summed E-state index contributed by atoms with van der Waals surface area (Å²) in [7, 11) is 1.55. The first-order valence-corrected chi connectivity index (χ1v) is 6.35. The molecule has 0 aromatic heterocycles. The zero-order valence-corrected chi connectivity index (χ0v) is 11.7. The van der Waals surface area contributed by atoms with Crippen LogP contribution in [0.2, 0.25) is 0 Å². The monoisotopic (exact) mass is 280 g/mol. The molecule has 0 bridgehead atoms. The summed E-state index contributed by atoms with van der Waals surface area (Å²) in [6.45, 7) is 0.900. The third kappa shape index (κ3) is 6.00. The van der Waals surface area contributed by atoms with Crippen molar-refractivity contribution < 1.29 is 14.6 Å². The number of nitrogens with two attached hydrogens (primary N) is 1. The van der Waals surface area contributed by atoms with Crippen molar-refractivity contribution in [1.82, 2.24) is 5.32 Å². The molecule has 1 rings (SSSR count). The molecule has 1 aliphatic rings. The number of nitrogens with one attached hydrogen (secondary N) is 1. The number of carbonyl (C=O) groups excluding carboxylic acids is 1. The van der Waals surface area contributed by atoms with E-state index in [9.17, 15) is 9.90 Å². The number of halogens is 1. The van der Waals surface area contributed by atoms with E-state index in [0.29, 0.717) is 13.1 Å². The van der Waals surface area contributed by atoms with Gasteiger partial charge in [0.15, 0.2) is 0 Å². The van der Waals surface area contributed by atoms with E-state index in [2.05, 4.69) is 5.32 Å². The van der Waals surface area contributed by atoms with Crippen molar-refractivity contribution in [2.75, 3.05) is 20.2 Å². The van der Waals surface area contributed by atoms with Gasteiger partial charge in [-0.05, 0) is 12.8 Å². The van der Waals surface area contributed by atoms with Gasteiger partial charge in [0.1, 0.15) is 0 Å². The molecule has 1 saturated carbocycles. The lowest BCUT2D eigenvalue weighted by Crippen LogP contribution is -2.38. The molecular weight excluding hydrogens is 256 g/mol. The molecule has 1 amide bonds. The molecule has 0 spiro atoms. The lowest BCUT2D eigenvalue weighted by atomic mass is 9.86. The quantitative estimate of drug-likeness (QED) is 0.659. The smallest absolute Gasteiger partial charge is 0.222 e. The number of aliphatic hydroxyl groups excluding tert-OH is 1. The van der Waals surface area contributed by atoms with Crippen LogP contribution in [0, 0.1) is 5.92 Å². The Morgan fingerprint density at radius 1 is 1.50 bits per heavy atom. The summed E-state index contributed by atoms with van der Waals surface area (Å²) in [6, 6.07) is 0. The van der Waals surface area contributed by atoms with Crippen molar-refractivity contribution in [3.8, 4) is 0 Å². The summed E-state index contributed by atoms with van der Waals surface area (Å²) in [6.07, 6.45) is 3.88. The maximum Gasteiger partial charge on any atom is 0.222 e. The Balaban J connectivity index is 0.00000289. The molecule has 0 heterocycles. The highest BCUT2D eigenvalue weighted by atomic mass is 35.5. The third-order valence-corrected chi connectivity index (χ3v) is 3.44. The van der Waals surface area contributed by atoms with E-state index in [0.717, 1.165) is 25.7 Å². The van der Waals surface area contributed by atoms with E-state index < -0.39 is 0 Å². The molecule has 0 radical (unpaired) electrons. The van der Waals surface area contributed by atoms with Gasteiger partial charge in [-0.25, -0.2) is 0 Å². The molecule has 3 unspecified atom stereocenters. The second kappa shape index (κ2) is 9.55. The molecule has 0 aliphatic heterocycles. The molecule has 1 aliphatic carbocycles. The molecule has 108 valence electrons. The van der Waals surface area contributed by atoms with E-state index >= 15 is 0 Å². The van der Waals surface area contributed by atoms with E-state index in [1.54, 1.807) is 7.11 Å². The molecule has 5 nitrogen and oxygen atoms in total. The van der Waals surface area contributed by atoms with Gasteiger partial charge in [0.05, 0.1) is 18.6 Å². The van der Waals surface area contributed by atoms with Gasteiger partial charge in [-0.2, -0.15) is 0 Å². The minimum absolute atomic E-state index is 0. The van der Waals surface area contributed by atoms with Crippen LogP contribution in [0.15, 0.2) is 0 Å². The molecule has 0 aromatic carbocycles. The van der Waals surface area contributed by atoms with Crippen LogP contribution in [0.25, 0.3) is 0 Å². The Hall–Kier alpha value is -0.360. The summed E-state index contributed by atoms with van der Waals surface area (Å²) in [4.78, 5) is 11.6. The first kappa shape index (κ1) is 17.6. The number of carbonyl (C=O) groups is 1. The predicted octanol–water partition coefficient (Wildman–Crippen LogP) is 0.439. The Morgan fingerprint density at radius 2 is 2.17 bits per heavy atom. The summed E-state index contributed by atoms with van der Waals surface area (Å²) in [5, 5.41) is 12.6.